The molecule has 0 radical (unpaired) electrons. The van der Waals surface area contributed by atoms with Crippen LogP contribution in [0.15, 0.2) is 42.3 Å². The second-order valence-corrected chi connectivity index (χ2v) is 6.14. The third-order valence-electron chi connectivity index (χ3n) is 3.30. The molecule has 0 bridgehead atoms. The Morgan fingerprint density at radius 1 is 1.19 bits per heavy atom. The van der Waals surface area contributed by atoms with E-state index in [0.717, 1.165) is 23.0 Å². The maximum Gasteiger partial charge on any atom is 0.208 e. The lowest BCUT2D eigenvalue weighted by Crippen LogP contribution is -2.00. The Morgan fingerprint density at radius 3 is 2.71 bits per heavy atom. The van der Waals surface area contributed by atoms with Crippen LogP contribution >= 0.6 is 11.8 Å². The topological polar surface area (TPSA) is 30.7 Å². The molecule has 0 aliphatic rings. The van der Waals surface area contributed by atoms with E-state index in [4.69, 9.17) is 0 Å². The van der Waals surface area contributed by atoms with Crippen LogP contribution in [0.2, 0.25) is 0 Å². The van der Waals surface area contributed by atoms with Crippen LogP contribution in [0, 0.1) is 0 Å². The molecule has 1 heterocycles. The number of unbranched alkanes of at least 4 members (excludes halogenated alkanes) is 3. The van der Waals surface area contributed by atoms with Crippen LogP contribution in [0.3, 0.4) is 0 Å². The number of nitrogens with zero attached hydrogens (tertiary/aromatic N) is 3. The molecule has 0 N–H and O–H groups in total. The van der Waals surface area contributed by atoms with Crippen LogP contribution < -0.4 is 0 Å². The van der Waals surface area contributed by atoms with E-state index in [1.165, 1.54) is 31.2 Å². The summed E-state index contributed by atoms with van der Waals surface area (Å²) in [7, 11) is 0. The van der Waals surface area contributed by atoms with Gasteiger partial charge in [-0.3, -0.25) is 0 Å². The van der Waals surface area contributed by atoms with Gasteiger partial charge in [-0.2, -0.15) is 0 Å². The van der Waals surface area contributed by atoms with E-state index in [0.29, 0.717) is 0 Å². The third kappa shape index (κ3) is 5.38. The first-order chi connectivity index (χ1) is 10.3. The minimum absolute atomic E-state index is 0.765. The molecular formula is C17H23N3S. The number of thioether (sulfide) groups is 1. The zero-order valence-corrected chi connectivity index (χ0v) is 13.5. The first kappa shape index (κ1) is 15.8. The van der Waals surface area contributed by atoms with Crippen LogP contribution in [0.1, 0.15) is 43.7 Å². The molecule has 0 saturated carbocycles. The van der Waals surface area contributed by atoms with Gasteiger partial charge in [-0.25, -0.2) is 9.67 Å². The van der Waals surface area contributed by atoms with Gasteiger partial charge in [-0.15, -0.1) is 5.10 Å². The van der Waals surface area contributed by atoms with Gasteiger partial charge in [0, 0.05) is 5.75 Å². The molecule has 0 atom stereocenters. The van der Waals surface area contributed by atoms with Gasteiger partial charge in [0.15, 0.2) is 0 Å². The van der Waals surface area contributed by atoms with Crippen molar-refractivity contribution in [3.05, 3.63) is 48.3 Å². The fourth-order valence-corrected chi connectivity index (χ4v) is 2.87. The van der Waals surface area contributed by atoms with E-state index in [1.807, 2.05) is 17.1 Å². The molecule has 0 unspecified atom stereocenters. The first-order valence-electron chi connectivity index (χ1n) is 7.55. The minimum Gasteiger partial charge on any atom is -0.247 e. The molecular weight excluding hydrogens is 278 g/mol. The Bertz CT molecular complexity index is 545. The summed E-state index contributed by atoms with van der Waals surface area (Å²) in [5.41, 5.74) is 2.37. The second kappa shape index (κ2) is 8.67. The van der Waals surface area contributed by atoms with Crippen molar-refractivity contribution in [2.75, 3.05) is 5.75 Å². The lowest BCUT2D eigenvalue weighted by Gasteiger charge is -2.01. The number of hydrogen-bond donors (Lipinski definition) is 0. The van der Waals surface area contributed by atoms with E-state index >= 15 is 0 Å². The summed E-state index contributed by atoms with van der Waals surface area (Å²) in [6.45, 7) is 6.76. The Kier molecular flexibility index (Phi) is 6.54. The van der Waals surface area contributed by atoms with Gasteiger partial charge in [-0.05, 0) is 17.5 Å². The minimum atomic E-state index is 0.765. The summed E-state index contributed by atoms with van der Waals surface area (Å²) < 4.78 is 1.90. The predicted molar refractivity (Wildman–Crippen MR) is 90.5 cm³/mol. The zero-order chi connectivity index (χ0) is 14.9. The van der Waals surface area contributed by atoms with Crippen molar-refractivity contribution in [2.45, 2.75) is 44.3 Å². The van der Waals surface area contributed by atoms with Crippen LogP contribution in [0.4, 0.5) is 0 Å². The second-order valence-electron chi connectivity index (χ2n) is 5.08. The van der Waals surface area contributed by atoms with Gasteiger partial charge in [0.1, 0.15) is 6.33 Å². The lowest BCUT2D eigenvalue weighted by atomic mass is 10.1. The van der Waals surface area contributed by atoms with Gasteiger partial charge in [0.05, 0.1) is 6.54 Å². The zero-order valence-electron chi connectivity index (χ0n) is 12.7. The Balaban J connectivity index is 1.80. The van der Waals surface area contributed by atoms with Crippen LogP contribution in [-0.2, 0) is 6.54 Å². The molecule has 0 aliphatic carbocycles. The number of benzene rings is 1. The lowest BCUT2D eigenvalue weighted by molar-refractivity contribution is 0.665. The predicted octanol–water partition coefficient (Wildman–Crippen LogP) is 4.64. The summed E-state index contributed by atoms with van der Waals surface area (Å²) in [5.74, 6) is 1.11. The highest BCUT2D eigenvalue weighted by molar-refractivity contribution is 7.99. The molecule has 112 valence electrons. The molecule has 2 aromatic rings. The van der Waals surface area contributed by atoms with Crippen molar-refractivity contribution in [3.8, 4) is 0 Å². The molecule has 2 rings (SSSR count). The van der Waals surface area contributed by atoms with Crippen molar-refractivity contribution in [3.63, 3.8) is 0 Å². The van der Waals surface area contributed by atoms with Crippen molar-refractivity contribution >= 4 is 17.8 Å². The largest absolute Gasteiger partial charge is 0.247 e. The fraction of sp³-hybridized carbons (Fsp3) is 0.412. The highest BCUT2D eigenvalue weighted by atomic mass is 32.2. The van der Waals surface area contributed by atoms with Gasteiger partial charge in [0.2, 0.25) is 5.16 Å². The summed E-state index contributed by atoms with van der Waals surface area (Å²) >= 11 is 1.75. The molecule has 21 heavy (non-hydrogen) atoms. The average Bonchev–Trinajstić information content (AvgIpc) is 2.95. The van der Waals surface area contributed by atoms with Crippen LogP contribution in [0.25, 0.3) is 6.08 Å². The van der Waals surface area contributed by atoms with E-state index in [-0.39, 0.29) is 0 Å². The number of aromatic nitrogens is 3. The van der Waals surface area contributed by atoms with Crippen molar-refractivity contribution < 1.29 is 0 Å². The standard InChI is InChI=1S/C17H23N3S/c1-3-5-6-7-12-21-17-18-14-20(19-17)13-16-10-8-15(4-2)9-11-16/h4,8-11,14H,2-3,5-7,12-13H2,1H3. The molecule has 0 saturated heterocycles. The van der Waals surface area contributed by atoms with Crippen molar-refractivity contribution in [1.82, 2.24) is 14.8 Å². The Hall–Kier alpha value is -1.55. The Labute approximate surface area is 131 Å². The number of rotatable bonds is 9. The molecule has 0 amide bonds. The molecule has 4 heteroatoms. The SMILES string of the molecule is C=Cc1ccc(Cn2cnc(SCCCCCC)n2)cc1. The summed E-state index contributed by atoms with van der Waals surface area (Å²) in [6.07, 6.45) is 8.82. The molecule has 3 nitrogen and oxygen atoms in total. The highest BCUT2D eigenvalue weighted by Crippen LogP contribution is 2.15. The van der Waals surface area contributed by atoms with Gasteiger partial charge in [0.25, 0.3) is 0 Å². The first-order valence-corrected chi connectivity index (χ1v) is 8.54. The van der Waals surface area contributed by atoms with E-state index in [9.17, 15) is 0 Å². The molecule has 0 aliphatic heterocycles. The monoisotopic (exact) mass is 301 g/mol. The van der Waals surface area contributed by atoms with Gasteiger partial charge >= 0.3 is 0 Å². The fourth-order valence-electron chi connectivity index (χ4n) is 2.06. The maximum absolute atomic E-state index is 4.51. The van der Waals surface area contributed by atoms with E-state index in [2.05, 4.69) is 47.9 Å². The quantitative estimate of drug-likeness (QED) is 0.499. The number of hydrogen-bond acceptors (Lipinski definition) is 3. The summed E-state index contributed by atoms with van der Waals surface area (Å²) in [4.78, 5) is 4.36. The van der Waals surface area contributed by atoms with Crippen molar-refractivity contribution in [2.24, 2.45) is 0 Å². The maximum atomic E-state index is 4.51. The average molecular weight is 301 g/mol. The smallest absolute Gasteiger partial charge is 0.208 e. The Morgan fingerprint density at radius 2 is 2.00 bits per heavy atom. The van der Waals surface area contributed by atoms with E-state index in [1.54, 1.807) is 11.8 Å². The molecule has 0 fully saturated rings. The van der Waals surface area contributed by atoms with Crippen molar-refractivity contribution in [1.29, 1.82) is 0 Å². The van der Waals surface area contributed by atoms with Gasteiger partial charge < -0.3 is 0 Å². The summed E-state index contributed by atoms with van der Waals surface area (Å²) in [6, 6.07) is 8.36. The molecule has 1 aromatic heterocycles. The third-order valence-corrected chi connectivity index (χ3v) is 4.24. The molecule has 0 spiro atoms. The van der Waals surface area contributed by atoms with E-state index < -0.39 is 0 Å². The van der Waals surface area contributed by atoms with Gasteiger partial charge in [-0.1, -0.05) is 74.9 Å². The molecule has 1 aromatic carbocycles. The highest BCUT2D eigenvalue weighted by Gasteiger charge is 2.02. The van der Waals surface area contributed by atoms with Crippen LogP contribution in [-0.4, -0.2) is 20.5 Å². The normalized spacial score (nSPS) is 10.7. The van der Waals surface area contributed by atoms with Crippen LogP contribution in [0.5, 0.6) is 0 Å². The summed E-state index contributed by atoms with van der Waals surface area (Å²) in [5, 5.41) is 5.40.